The summed E-state index contributed by atoms with van der Waals surface area (Å²) in [5, 5.41) is 8.91. The summed E-state index contributed by atoms with van der Waals surface area (Å²) in [5.74, 6) is -0.0722. The van der Waals surface area contributed by atoms with E-state index < -0.39 is 0 Å². The highest BCUT2D eigenvalue weighted by molar-refractivity contribution is 6.07. The van der Waals surface area contributed by atoms with E-state index in [4.69, 9.17) is 5.10 Å². The topological polar surface area (TPSA) is 52.7 Å². The molecule has 5 heteroatoms. The van der Waals surface area contributed by atoms with E-state index in [1.807, 2.05) is 91.6 Å². The molecule has 0 amide bonds. The number of benzene rings is 2. The zero-order valence-corrected chi connectivity index (χ0v) is 15.8. The van der Waals surface area contributed by atoms with Gasteiger partial charge >= 0.3 is 0 Å². The minimum absolute atomic E-state index is 0.0722. The molecule has 0 spiro atoms. The third-order valence-corrected chi connectivity index (χ3v) is 4.73. The van der Waals surface area contributed by atoms with E-state index in [9.17, 15) is 4.79 Å². The van der Waals surface area contributed by atoms with E-state index in [-0.39, 0.29) is 5.78 Å². The molecule has 2 aromatic heterocycles. The van der Waals surface area contributed by atoms with Crippen molar-refractivity contribution in [2.75, 3.05) is 0 Å². The number of aromatic nitrogens is 4. The Hall–Kier alpha value is -3.73. The number of hydrogen-bond donors (Lipinski definition) is 0. The average molecular weight is 368 g/mol. The van der Waals surface area contributed by atoms with Crippen LogP contribution in [0.5, 0.6) is 0 Å². The number of aryl methyl sites for hydroxylation is 1. The second kappa shape index (κ2) is 7.48. The van der Waals surface area contributed by atoms with Gasteiger partial charge in [-0.15, -0.1) is 0 Å². The van der Waals surface area contributed by atoms with Crippen molar-refractivity contribution in [3.63, 3.8) is 0 Å². The maximum atomic E-state index is 12.6. The van der Waals surface area contributed by atoms with E-state index in [0.717, 1.165) is 28.2 Å². The van der Waals surface area contributed by atoms with Crippen molar-refractivity contribution in [1.29, 1.82) is 0 Å². The van der Waals surface area contributed by atoms with Gasteiger partial charge < -0.3 is 0 Å². The van der Waals surface area contributed by atoms with Crippen LogP contribution in [0.4, 0.5) is 0 Å². The van der Waals surface area contributed by atoms with Gasteiger partial charge in [-0.3, -0.25) is 9.48 Å². The first kappa shape index (κ1) is 17.7. The lowest BCUT2D eigenvalue weighted by molar-refractivity contribution is 0.104. The quantitative estimate of drug-likeness (QED) is 0.386. The van der Waals surface area contributed by atoms with Crippen molar-refractivity contribution in [3.8, 4) is 16.9 Å². The minimum Gasteiger partial charge on any atom is -0.289 e. The normalized spacial score (nSPS) is 11.2. The molecular weight excluding hydrogens is 348 g/mol. The molecule has 0 atom stereocenters. The van der Waals surface area contributed by atoms with Crippen LogP contribution in [0.1, 0.15) is 21.6 Å². The Balaban J connectivity index is 1.74. The summed E-state index contributed by atoms with van der Waals surface area (Å²) < 4.78 is 3.53. The lowest BCUT2D eigenvalue weighted by Gasteiger charge is -2.00. The van der Waals surface area contributed by atoms with Crippen LogP contribution < -0.4 is 0 Å². The predicted molar refractivity (Wildman–Crippen MR) is 110 cm³/mol. The number of nitrogens with zero attached hydrogens (tertiary/aromatic N) is 4. The Labute approximate surface area is 163 Å². The third-order valence-electron chi connectivity index (χ3n) is 4.73. The smallest absolute Gasteiger partial charge is 0.189 e. The highest BCUT2D eigenvalue weighted by Gasteiger charge is 2.13. The van der Waals surface area contributed by atoms with Crippen LogP contribution in [0.2, 0.25) is 0 Å². The number of hydrogen-bond acceptors (Lipinski definition) is 3. The molecular formula is C23H20N4O. The van der Waals surface area contributed by atoms with E-state index in [1.165, 1.54) is 0 Å². The minimum atomic E-state index is -0.0722. The van der Waals surface area contributed by atoms with E-state index in [1.54, 1.807) is 17.0 Å². The van der Waals surface area contributed by atoms with Gasteiger partial charge in [0.15, 0.2) is 5.78 Å². The molecule has 0 unspecified atom stereocenters. The van der Waals surface area contributed by atoms with Gasteiger partial charge in [-0.1, -0.05) is 48.5 Å². The SMILES string of the molecule is Cc1c(C(=O)/C=C/c2cn(-c3ccccc3)nc2-c2ccccc2)cnn1C. The maximum Gasteiger partial charge on any atom is 0.189 e. The van der Waals surface area contributed by atoms with Gasteiger partial charge in [0.2, 0.25) is 0 Å². The first-order valence-electron chi connectivity index (χ1n) is 9.05. The molecule has 2 aromatic carbocycles. The maximum absolute atomic E-state index is 12.6. The van der Waals surface area contributed by atoms with Crippen LogP contribution in [0, 0.1) is 6.92 Å². The summed E-state index contributed by atoms with van der Waals surface area (Å²) in [6, 6.07) is 19.9. The summed E-state index contributed by atoms with van der Waals surface area (Å²) in [5.41, 5.74) is 5.13. The molecule has 0 saturated carbocycles. The number of allylic oxidation sites excluding steroid dienone is 1. The van der Waals surface area contributed by atoms with Gasteiger partial charge in [0.25, 0.3) is 0 Å². The molecule has 4 rings (SSSR count). The van der Waals surface area contributed by atoms with Crippen LogP contribution in [-0.2, 0) is 7.05 Å². The molecule has 0 fully saturated rings. The van der Waals surface area contributed by atoms with Crippen LogP contribution in [0.3, 0.4) is 0 Å². The molecule has 0 saturated heterocycles. The average Bonchev–Trinajstić information content (AvgIpc) is 3.31. The lowest BCUT2D eigenvalue weighted by atomic mass is 10.1. The molecule has 0 N–H and O–H groups in total. The van der Waals surface area contributed by atoms with Crippen molar-refractivity contribution in [3.05, 3.63) is 96.0 Å². The number of carbonyl (C=O) groups is 1. The Morgan fingerprint density at radius 2 is 1.68 bits per heavy atom. The van der Waals surface area contributed by atoms with Gasteiger partial charge in [0.1, 0.15) is 0 Å². The predicted octanol–water partition coefficient (Wildman–Crippen LogP) is 4.48. The van der Waals surface area contributed by atoms with Crippen molar-refractivity contribution < 1.29 is 4.79 Å². The molecule has 2 heterocycles. The largest absolute Gasteiger partial charge is 0.289 e. The highest BCUT2D eigenvalue weighted by atomic mass is 16.1. The molecule has 4 aromatic rings. The molecule has 0 aliphatic carbocycles. The molecule has 5 nitrogen and oxygen atoms in total. The van der Waals surface area contributed by atoms with Crippen LogP contribution >= 0.6 is 0 Å². The van der Waals surface area contributed by atoms with Crippen LogP contribution in [-0.4, -0.2) is 25.3 Å². The van der Waals surface area contributed by atoms with Gasteiger partial charge in [-0.25, -0.2) is 4.68 Å². The first-order chi connectivity index (χ1) is 13.6. The van der Waals surface area contributed by atoms with Gasteiger partial charge in [0.05, 0.1) is 23.1 Å². The summed E-state index contributed by atoms with van der Waals surface area (Å²) in [4.78, 5) is 12.6. The number of rotatable bonds is 5. The van der Waals surface area contributed by atoms with E-state index >= 15 is 0 Å². The Morgan fingerprint density at radius 1 is 1.00 bits per heavy atom. The highest BCUT2D eigenvalue weighted by Crippen LogP contribution is 2.25. The lowest BCUT2D eigenvalue weighted by Crippen LogP contribution is -1.98. The number of carbonyl (C=O) groups excluding carboxylic acids is 1. The van der Waals surface area contributed by atoms with Crippen molar-refractivity contribution >= 4 is 11.9 Å². The molecule has 0 aliphatic rings. The van der Waals surface area contributed by atoms with Crippen molar-refractivity contribution in [1.82, 2.24) is 19.6 Å². The molecule has 0 radical (unpaired) electrons. The molecule has 138 valence electrons. The summed E-state index contributed by atoms with van der Waals surface area (Å²) in [6.07, 6.45) is 6.96. The van der Waals surface area contributed by atoms with Gasteiger partial charge in [-0.05, 0) is 31.2 Å². The fourth-order valence-electron chi connectivity index (χ4n) is 3.04. The monoisotopic (exact) mass is 368 g/mol. The van der Waals surface area contributed by atoms with E-state index in [0.29, 0.717) is 5.56 Å². The molecule has 0 bridgehead atoms. The van der Waals surface area contributed by atoms with Gasteiger partial charge in [0, 0.05) is 30.1 Å². The molecule has 28 heavy (non-hydrogen) atoms. The summed E-state index contributed by atoms with van der Waals surface area (Å²) in [6.45, 7) is 1.89. The first-order valence-corrected chi connectivity index (χ1v) is 9.05. The summed E-state index contributed by atoms with van der Waals surface area (Å²) >= 11 is 0. The third kappa shape index (κ3) is 3.42. The van der Waals surface area contributed by atoms with E-state index in [2.05, 4.69) is 5.10 Å². The number of para-hydroxylation sites is 1. The fourth-order valence-corrected chi connectivity index (χ4v) is 3.04. The Bertz CT molecular complexity index is 1140. The fraction of sp³-hybridized carbons (Fsp3) is 0.0870. The zero-order valence-electron chi connectivity index (χ0n) is 15.8. The van der Waals surface area contributed by atoms with Crippen molar-refractivity contribution in [2.24, 2.45) is 7.05 Å². The van der Waals surface area contributed by atoms with Crippen LogP contribution in [0.15, 0.2) is 79.1 Å². The Morgan fingerprint density at radius 3 is 2.32 bits per heavy atom. The zero-order chi connectivity index (χ0) is 19.5. The number of ketones is 1. The van der Waals surface area contributed by atoms with Gasteiger partial charge in [-0.2, -0.15) is 10.2 Å². The van der Waals surface area contributed by atoms with Crippen molar-refractivity contribution in [2.45, 2.75) is 6.92 Å². The second-order valence-electron chi connectivity index (χ2n) is 6.54. The second-order valence-corrected chi connectivity index (χ2v) is 6.54. The summed E-state index contributed by atoms with van der Waals surface area (Å²) in [7, 11) is 1.83. The standard InChI is InChI=1S/C23H20N4O/c1-17-21(15-24-26(17)2)22(28)14-13-19-16-27(20-11-7-4-8-12-20)25-23(19)18-9-5-3-6-10-18/h3-16H,1-2H3/b14-13+. The van der Waals surface area contributed by atoms with Crippen LogP contribution in [0.25, 0.3) is 23.0 Å². The Kier molecular flexibility index (Phi) is 4.72. The molecule has 0 aliphatic heterocycles.